The van der Waals surface area contributed by atoms with Gasteiger partial charge in [-0.15, -0.1) is 0 Å². The first-order valence-corrected chi connectivity index (χ1v) is 12.3. The Morgan fingerprint density at radius 1 is 1.18 bits per heavy atom. The Morgan fingerprint density at radius 2 is 1.97 bits per heavy atom. The number of fused-ring (bicyclic) bond motifs is 1. The van der Waals surface area contributed by atoms with Crippen molar-refractivity contribution < 1.29 is 9.53 Å². The zero-order chi connectivity index (χ0) is 24.1. The highest BCUT2D eigenvalue weighted by molar-refractivity contribution is 8.26. The summed E-state index contributed by atoms with van der Waals surface area (Å²) < 4.78 is 7.08. The van der Waals surface area contributed by atoms with Crippen LogP contribution in [0.5, 0.6) is 0 Å². The Morgan fingerprint density at radius 3 is 2.74 bits per heavy atom. The number of ether oxygens (including phenoxy) is 1. The number of benzene rings is 1. The number of pyridine rings is 1. The van der Waals surface area contributed by atoms with Gasteiger partial charge in [-0.2, -0.15) is 0 Å². The molecular weight excluding hydrogens is 468 g/mol. The fourth-order valence-electron chi connectivity index (χ4n) is 3.74. The van der Waals surface area contributed by atoms with Gasteiger partial charge in [-0.1, -0.05) is 60.4 Å². The number of aromatic nitrogens is 2. The van der Waals surface area contributed by atoms with Gasteiger partial charge in [-0.25, -0.2) is 4.98 Å². The van der Waals surface area contributed by atoms with Crippen molar-refractivity contribution in [3.8, 4) is 0 Å². The van der Waals surface area contributed by atoms with Crippen LogP contribution in [0.2, 0.25) is 0 Å². The number of hydrogen-bond acceptors (Lipinski definition) is 7. The molecule has 3 aromatic rings. The van der Waals surface area contributed by atoms with Crippen LogP contribution in [-0.4, -0.2) is 51.3 Å². The van der Waals surface area contributed by atoms with Gasteiger partial charge in [0.25, 0.3) is 11.5 Å². The Hall–Kier alpha value is -3.01. The minimum Gasteiger partial charge on any atom is -0.385 e. The van der Waals surface area contributed by atoms with E-state index in [0.29, 0.717) is 52.4 Å². The van der Waals surface area contributed by atoms with Crippen LogP contribution in [0.4, 0.5) is 5.82 Å². The third-order valence-corrected chi connectivity index (χ3v) is 6.89. The molecule has 0 atom stereocenters. The summed E-state index contributed by atoms with van der Waals surface area (Å²) in [6.45, 7) is 3.53. The molecule has 1 fully saturated rings. The first kappa shape index (κ1) is 24.1. The van der Waals surface area contributed by atoms with E-state index in [1.807, 2.05) is 37.3 Å². The molecule has 0 unspecified atom stereocenters. The maximum atomic E-state index is 13.5. The summed E-state index contributed by atoms with van der Waals surface area (Å²) in [5.74, 6) is 0.259. The SMILES string of the molecule is COCCCN1C(=O)/C(=C/c2c(NCCc3ccccc3)nc3c(C)cccn3c2=O)SC1=S. The lowest BCUT2D eigenvalue weighted by molar-refractivity contribution is -0.122. The number of rotatable bonds is 9. The minimum absolute atomic E-state index is 0.199. The van der Waals surface area contributed by atoms with Crippen LogP contribution in [0.3, 0.4) is 0 Å². The number of thiocarbonyl (C=S) groups is 1. The van der Waals surface area contributed by atoms with Gasteiger partial charge in [-0.05, 0) is 43.0 Å². The fourth-order valence-corrected chi connectivity index (χ4v) is 5.03. The summed E-state index contributed by atoms with van der Waals surface area (Å²) in [6.07, 6.45) is 4.77. The van der Waals surface area contributed by atoms with Crippen molar-refractivity contribution >= 4 is 51.7 Å². The molecule has 7 nitrogen and oxygen atoms in total. The Balaban J connectivity index is 1.68. The van der Waals surface area contributed by atoms with Crippen molar-refractivity contribution in [3.05, 3.63) is 80.6 Å². The highest BCUT2D eigenvalue weighted by Gasteiger charge is 2.32. The average Bonchev–Trinajstić information content (AvgIpc) is 3.10. The summed E-state index contributed by atoms with van der Waals surface area (Å²) in [5, 5.41) is 3.32. The topological polar surface area (TPSA) is 75.9 Å². The fraction of sp³-hybridized carbons (Fsp3) is 0.280. The predicted molar refractivity (Wildman–Crippen MR) is 141 cm³/mol. The molecule has 4 rings (SSSR count). The maximum Gasteiger partial charge on any atom is 0.267 e. The van der Waals surface area contributed by atoms with Crippen LogP contribution in [0, 0.1) is 6.92 Å². The first-order valence-electron chi connectivity index (χ1n) is 11.0. The quantitative estimate of drug-likeness (QED) is 0.275. The Labute approximate surface area is 207 Å². The highest BCUT2D eigenvalue weighted by atomic mass is 32.2. The molecule has 1 aromatic carbocycles. The average molecular weight is 495 g/mol. The predicted octanol–water partition coefficient (Wildman–Crippen LogP) is 3.90. The first-order chi connectivity index (χ1) is 16.5. The Kier molecular flexibility index (Phi) is 7.77. The monoisotopic (exact) mass is 494 g/mol. The normalized spacial score (nSPS) is 15.0. The van der Waals surface area contributed by atoms with Crippen molar-refractivity contribution in [1.29, 1.82) is 0 Å². The van der Waals surface area contributed by atoms with E-state index in [1.54, 1.807) is 24.3 Å². The van der Waals surface area contributed by atoms with Crippen LogP contribution in [0.1, 0.15) is 23.1 Å². The molecule has 3 heterocycles. The molecule has 1 aliphatic heterocycles. The summed E-state index contributed by atoms with van der Waals surface area (Å²) in [6, 6.07) is 13.8. The number of hydrogen-bond donors (Lipinski definition) is 1. The second kappa shape index (κ2) is 10.9. The van der Waals surface area contributed by atoms with E-state index in [1.165, 1.54) is 21.7 Å². The lowest BCUT2D eigenvalue weighted by Crippen LogP contribution is -2.29. The van der Waals surface area contributed by atoms with E-state index < -0.39 is 0 Å². The number of carbonyl (C=O) groups is 1. The van der Waals surface area contributed by atoms with Gasteiger partial charge in [0.05, 0.1) is 10.5 Å². The molecule has 9 heteroatoms. The van der Waals surface area contributed by atoms with Crippen LogP contribution in [0.25, 0.3) is 11.7 Å². The van der Waals surface area contributed by atoms with Crippen LogP contribution < -0.4 is 10.9 Å². The molecule has 176 valence electrons. The Bertz CT molecular complexity index is 1300. The van der Waals surface area contributed by atoms with Gasteiger partial charge in [0.15, 0.2) is 0 Å². The third kappa shape index (κ3) is 5.22. The summed E-state index contributed by atoms with van der Waals surface area (Å²) >= 11 is 6.62. The number of thioether (sulfide) groups is 1. The number of carbonyl (C=O) groups excluding carboxylic acids is 1. The van der Waals surface area contributed by atoms with E-state index >= 15 is 0 Å². The second-order valence-corrected chi connectivity index (χ2v) is 9.58. The van der Waals surface area contributed by atoms with Crippen LogP contribution >= 0.6 is 24.0 Å². The van der Waals surface area contributed by atoms with Gasteiger partial charge < -0.3 is 10.1 Å². The van der Waals surface area contributed by atoms with Crippen molar-refractivity contribution in [2.75, 3.05) is 32.1 Å². The number of aryl methyl sites for hydroxylation is 1. The van der Waals surface area contributed by atoms with E-state index in [0.717, 1.165) is 12.0 Å². The zero-order valence-corrected chi connectivity index (χ0v) is 20.7. The second-order valence-electron chi connectivity index (χ2n) is 7.91. The summed E-state index contributed by atoms with van der Waals surface area (Å²) in [4.78, 5) is 33.2. The molecule has 0 aliphatic carbocycles. The molecule has 1 aliphatic rings. The van der Waals surface area contributed by atoms with Gasteiger partial charge >= 0.3 is 0 Å². The van der Waals surface area contributed by atoms with Crippen LogP contribution in [-0.2, 0) is 16.0 Å². The van der Waals surface area contributed by atoms with E-state index in [9.17, 15) is 9.59 Å². The molecule has 0 spiro atoms. The van der Waals surface area contributed by atoms with Crippen molar-refractivity contribution in [2.24, 2.45) is 0 Å². The van der Waals surface area contributed by atoms with Gasteiger partial charge in [0, 0.05) is 33.0 Å². The van der Waals surface area contributed by atoms with Crippen molar-refractivity contribution in [3.63, 3.8) is 0 Å². The van der Waals surface area contributed by atoms with Crippen molar-refractivity contribution in [1.82, 2.24) is 14.3 Å². The number of anilines is 1. The molecule has 34 heavy (non-hydrogen) atoms. The summed E-state index contributed by atoms with van der Waals surface area (Å²) in [7, 11) is 1.62. The molecule has 0 saturated carbocycles. The zero-order valence-electron chi connectivity index (χ0n) is 19.1. The minimum atomic E-state index is -0.236. The number of nitrogens with zero attached hydrogens (tertiary/aromatic N) is 3. The van der Waals surface area contributed by atoms with E-state index in [2.05, 4.69) is 17.4 Å². The van der Waals surface area contributed by atoms with Crippen LogP contribution in [0.15, 0.2) is 58.4 Å². The van der Waals surface area contributed by atoms with Gasteiger partial charge in [-0.3, -0.25) is 18.9 Å². The molecule has 1 amide bonds. The molecular formula is C25H26N4O3S2. The molecule has 1 N–H and O–H groups in total. The van der Waals surface area contributed by atoms with Gasteiger partial charge in [0.2, 0.25) is 0 Å². The molecule has 1 saturated heterocycles. The largest absolute Gasteiger partial charge is 0.385 e. The van der Waals surface area contributed by atoms with E-state index in [-0.39, 0.29) is 11.5 Å². The third-order valence-electron chi connectivity index (χ3n) is 5.51. The molecule has 2 aromatic heterocycles. The van der Waals surface area contributed by atoms with E-state index in [4.69, 9.17) is 21.9 Å². The lowest BCUT2D eigenvalue weighted by Gasteiger charge is -2.14. The maximum absolute atomic E-state index is 13.5. The lowest BCUT2D eigenvalue weighted by atomic mass is 10.1. The number of methoxy groups -OCH3 is 1. The smallest absolute Gasteiger partial charge is 0.267 e. The molecule has 0 bridgehead atoms. The number of amides is 1. The van der Waals surface area contributed by atoms with Crippen molar-refractivity contribution in [2.45, 2.75) is 19.8 Å². The number of nitrogens with one attached hydrogen (secondary N) is 1. The summed E-state index contributed by atoms with van der Waals surface area (Å²) in [5.41, 5.74) is 2.76. The molecule has 0 radical (unpaired) electrons. The standard InChI is InChI=1S/C25H26N4O3S2/c1-17-8-6-13-28-22(17)27-21(26-12-11-18-9-4-3-5-10-18)19(23(28)30)16-20-24(31)29(25(33)34-20)14-7-15-32-2/h3-6,8-10,13,16,26H,7,11-12,14-15H2,1-2H3/b20-16-. The van der Waals surface area contributed by atoms with Gasteiger partial charge in [0.1, 0.15) is 15.8 Å². The highest BCUT2D eigenvalue weighted by Crippen LogP contribution is 2.33.